The summed E-state index contributed by atoms with van der Waals surface area (Å²) in [6, 6.07) is 14.2. The average molecular weight is 363 g/mol. The molecule has 1 atom stereocenters. The lowest BCUT2D eigenvalue weighted by Gasteiger charge is -2.16. The van der Waals surface area contributed by atoms with Crippen molar-refractivity contribution in [2.24, 2.45) is 0 Å². The highest BCUT2D eigenvalue weighted by Gasteiger charge is 2.30. The Morgan fingerprint density at radius 2 is 1.88 bits per heavy atom. The van der Waals surface area contributed by atoms with Crippen LogP contribution >= 0.6 is 12.4 Å². The molecule has 1 fully saturated rings. The van der Waals surface area contributed by atoms with Crippen LogP contribution in [0.5, 0.6) is 5.75 Å². The lowest BCUT2D eigenvalue weighted by Crippen LogP contribution is -2.24. The molecule has 0 amide bonds. The van der Waals surface area contributed by atoms with Crippen LogP contribution in [0, 0.1) is 5.82 Å². The summed E-state index contributed by atoms with van der Waals surface area (Å²) >= 11 is 0. The minimum atomic E-state index is -0.736. The van der Waals surface area contributed by atoms with E-state index in [9.17, 15) is 9.50 Å². The highest BCUT2D eigenvalue weighted by molar-refractivity contribution is 5.85. The summed E-state index contributed by atoms with van der Waals surface area (Å²) in [5, 5.41) is 10.4. The van der Waals surface area contributed by atoms with E-state index in [4.69, 9.17) is 9.72 Å². The Morgan fingerprint density at radius 3 is 2.64 bits per heavy atom. The van der Waals surface area contributed by atoms with Gasteiger partial charge in [0.15, 0.2) is 11.6 Å². The zero-order valence-electron chi connectivity index (χ0n) is 13.6. The molecule has 0 spiro atoms. The van der Waals surface area contributed by atoms with Crippen molar-refractivity contribution in [2.45, 2.75) is 31.4 Å². The van der Waals surface area contributed by atoms with Crippen LogP contribution in [0.2, 0.25) is 0 Å². The Morgan fingerprint density at radius 1 is 1.16 bits per heavy atom. The largest absolute Gasteiger partial charge is 0.488 e. The molecule has 0 aliphatic heterocycles. The van der Waals surface area contributed by atoms with Gasteiger partial charge in [-0.15, -0.1) is 12.4 Å². The Bertz CT molecular complexity index is 864. The van der Waals surface area contributed by atoms with Crippen LogP contribution in [-0.4, -0.2) is 27.4 Å². The fraction of sp³-hybridized carbons (Fsp3) is 0.316. The summed E-state index contributed by atoms with van der Waals surface area (Å²) in [5.41, 5.74) is 1.96. The topological polar surface area (TPSA) is 47.3 Å². The maximum absolute atomic E-state index is 13.6. The molecule has 1 aliphatic rings. The van der Waals surface area contributed by atoms with Crippen molar-refractivity contribution in [3.8, 4) is 5.75 Å². The second-order valence-electron chi connectivity index (χ2n) is 6.24. The van der Waals surface area contributed by atoms with Gasteiger partial charge in [0.2, 0.25) is 0 Å². The molecule has 132 valence electrons. The van der Waals surface area contributed by atoms with Crippen LogP contribution in [0.1, 0.15) is 24.6 Å². The maximum atomic E-state index is 13.6. The molecule has 3 aromatic rings. The fourth-order valence-corrected chi connectivity index (χ4v) is 2.95. The van der Waals surface area contributed by atoms with Crippen molar-refractivity contribution < 1.29 is 14.2 Å². The molecule has 0 radical (unpaired) electrons. The van der Waals surface area contributed by atoms with Gasteiger partial charge in [-0.1, -0.05) is 24.3 Å². The number of hydrogen-bond donors (Lipinski definition) is 1. The fourth-order valence-electron chi connectivity index (χ4n) is 2.95. The van der Waals surface area contributed by atoms with Gasteiger partial charge in [-0.3, -0.25) is 0 Å². The number of para-hydroxylation sites is 3. The molecule has 6 heteroatoms. The first-order valence-corrected chi connectivity index (χ1v) is 8.23. The van der Waals surface area contributed by atoms with Crippen molar-refractivity contribution >= 4 is 23.4 Å². The first-order valence-electron chi connectivity index (χ1n) is 8.23. The number of halogens is 2. The summed E-state index contributed by atoms with van der Waals surface area (Å²) < 4.78 is 21.1. The molecule has 1 aromatic heterocycles. The lowest BCUT2D eigenvalue weighted by molar-refractivity contribution is 0.0907. The monoisotopic (exact) mass is 362 g/mol. The molecule has 2 aromatic carbocycles. The number of benzene rings is 2. The Labute approximate surface area is 151 Å². The second kappa shape index (κ2) is 7.42. The third-order valence-corrected chi connectivity index (χ3v) is 4.29. The molecule has 1 heterocycles. The van der Waals surface area contributed by atoms with Crippen LogP contribution in [-0.2, 0) is 6.54 Å². The van der Waals surface area contributed by atoms with Crippen LogP contribution in [0.4, 0.5) is 4.39 Å². The molecule has 4 nitrogen and oxygen atoms in total. The number of aliphatic hydroxyl groups is 1. The highest BCUT2D eigenvalue weighted by atomic mass is 35.5. The molecule has 4 rings (SSSR count). The van der Waals surface area contributed by atoms with Gasteiger partial charge in [-0.2, -0.15) is 0 Å². The van der Waals surface area contributed by atoms with Crippen LogP contribution in [0.3, 0.4) is 0 Å². The van der Waals surface area contributed by atoms with Gasteiger partial charge < -0.3 is 14.4 Å². The predicted octanol–water partition coefficient (Wildman–Crippen LogP) is 3.91. The molecule has 1 saturated carbocycles. The van der Waals surface area contributed by atoms with E-state index < -0.39 is 11.9 Å². The molecule has 25 heavy (non-hydrogen) atoms. The Balaban J connectivity index is 0.00000182. The number of fused-ring (bicyclic) bond motifs is 1. The first-order chi connectivity index (χ1) is 11.7. The van der Waals surface area contributed by atoms with E-state index in [2.05, 4.69) is 4.57 Å². The lowest BCUT2D eigenvalue weighted by atomic mass is 10.3. The second-order valence-corrected chi connectivity index (χ2v) is 6.24. The van der Waals surface area contributed by atoms with E-state index in [0.29, 0.717) is 12.5 Å². The van der Waals surface area contributed by atoms with Gasteiger partial charge >= 0.3 is 0 Å². The third kappa shape index (κ3) is 3.78. The highest BCUT2D eigenvalue weighted by Crippen LogP contribution is 2.40. The van der Waals surface area contributed by atoms with E-state index in [0.717, 1.165) is 29.7 Å². The van der Waals surface area contributed by atoms with Crippen molar-refractivity contribution in [3.63, 3.8) is 0 Å². The number of aliphatic hydroxyl groups excluding tert-OH is 1. The smallest absolute Gasteiger partial charge is 0.165 e. The summed E-state index contributed by atoms with van der Waals surface area (Å²) in [6.45, 7) is 0.429. The van der Waals surface area contributed by atoms with Crippen molar-refractivity contribution in [1.29, 1.82) is 0 Å². The van der Waals surface area contributed by atoms with E-state index in [1.807, 2.05) is 24.3 Å². The van der Waals surface area contributed by atoms with Gasteiger partial charge in [0.1, 0.15) is 18.5 Å². The Hall–Kier alpha value is -2.11. The number of aromatic nitrogens is 2. The molecule has 1 N–H and O–H groups in total. The number of rotatable bonds is 6. The zero-order chi connectivity index (χ0) is 16.5. The normalized spacial score (nSPS) is 15.0. The summed E-state index contributed by atoms with van der Waals surface area (Å²) in [5.74, 6) is 1.25. The summed E-state index contributed by atoms with van der Waals surface area (Å²) in [6.07, 6.45) is 1.55. The van der Waals surface area contributed by atoms with Gasteiger partial charge in [0.05, 0.1) is 17.6 Å². The average Bonchev–Trinajstić information content (AvgIpc) is 3.37. The van der Waals surface area contributed by atoms with E-state index in [1.165, 1.54) is 6.07 Å². The number of hydrogen-bond acceptors (Lipinski definition) is 3. The minimum Gasteiger partial charge on any atom is -0.488 e. The standard InChI is InChI=1S/C19H19FN2O2.ClH/c20-15-5-1-4-8-18(15)24-12-14(23)11-22-17-7-3-2-6-16(17)21-19(22)13-9-10-13;/h1-8,13-14,23H,9-12H2;1H. The summed E-state index contributed by atoms with van der Waals surface area (Å²) in [7, 11) is 0. The Kier molecular flexibility index (Phi) is 5.25. The van der Waals surface area contributed by atoms with Crippen molar-refractivity contribution in [2.75, 3.05) is 6.61 Å². The molecular weight excluding hydrogens is 343 g/mol. The van der Waals surface area contributed by atoms with E-state index in [1.54, 1.807) is 18.2 Å². The maximum Gasteiger partial charge on any atom is 0.165 e. The van der Waals surface area contributed by atoms with Crippen LogP contribution < -0.4 is 4.74 Å². The summed E-state index contributed by atoms with van der Waals surface area (Å²) in [4.78, 5) is 4.71. The first kappa shape index (κ1) is 17.7. The van der Waals surface area contributed by atoms with E-state index >= 15 is 0 Å². The number of nitrogens with zero attached hydrogens (tertiary/aromatic N) is 2. The molecule has 1 aliphatic carbocycles. The van der Waals surface area contributed by atoms with Crippen LogP contribution in [0.15, 0.2) is 48.5 Å². The number of imidazole rings is 1. The third-order valence-electron chi connectivity index (χ3n) is 4.29. The van der Waals surface area contributed by atoms with Crippen molar-refractivity contribution in [3.05, 3.63) is 60.2 Å². The van der Waals surface area contributed by atoms with Gasteiger partial charge in [-0.05, 0) is 37.1 Å². The van der Waals surface area contributed by atoms with Crippen LogP contribution in [0.25, 0.3) is 11.0 Å². The van der Waals surface area contributed by atoms with E-state index in [-0.39, 0.29) is 24.8 Å². The van der Waals surface area contributed by atoms with Gasteiger partial charge in [0.25, 0.3) is 0 Å². The zero-order valence-corrected chi connectivity index (χ0v) is 14.5. The van der Waals surface area contributed by atoms with Gasteiger partial charge in [0, 0.05) is 5.92 Å². The number of ether oxygens (including phenoxy) is 1. The molecular formula is C19H20ClFN2O2. The predicted molar refractivity (Wildman–Crippen MR) is 96.9 cm³/mol. The quantitative estimate of drug-likeness (QED) is 0.723. The van der Waals surface area contributed by atoms with Gasteiger partial charge in [-0.25, -0.2) is 9.37 Å². The molecule has 0 saturated heterocycles. The SMILES string of the molecule is Cl.OC(COc1ccccc1F)Cn1c(C2CC2)nc2ccccc21. The van der Waals surface area contributed by atoms with Crippen molar-refractivity contribution in [1.82, 2.24) is 9.55 Å². The minimum absolute atomic E-state index is 0. The molecule has 1 unspecified atom stereocenters. The molecule has 0 bridgehead atoms.